The third kappa shape index (κ3) is 8.38. The highest BCUT2D eigenvalue weighted by Crippen LogP contribution is 2.66. The second kappa shape index (κ2) is 9.50. The van der Waals surface area contributed by atoms with Gasteiger partial charge in [0, 0.05) is 13.1 Å². The fourth-order valence-electron chi connectivity index (χ4n) is 2.28. The van der Waals surface area contributed by atoms with Crippen LogP contribution in [0.1, 0.15) is 13.8 Å². The van der Waals surface area contributed by atoms with Crippen LogP contribution in [-0.2, 0) is 27.0 Å². The van der Waals surface area contributed by atoms with E-state index in [-0.39, 0.29) is 24.4 Å². The molecule has 11 nitrogen and oxygen atoms in total. The normalized spacial score (nSPS) is 31.5. The second-order valence-electron chi connectivity index (χ2n) is 5.75. The van der Waals surface area contributed by atoms with Crippen molar-refractivity contribution in [3.63, 3.8) is 0 Å². The molecule has 6 atom stereocenters. The van der Waals surface area contributed by atoms with E-state index in [9.17, 15) is 18.9 Å². The van der Waals surface area contributed by atoms with Crippen molar-refractivity contribution in [3.8, 4) is 0 Å². The van der Waals surface area contributed by atoms with E-state index in [1.807, 2.05) is 21.1 Å². The van der Waals surface area contributed by atoms with Crippen LogP contribution >= 0.6 is 23.2 Å². The number of hydrogen-bond donors (Lipinski definition) is 5. The predicted molar refractivity (Wildman–Crippen MR) is 97.2 cm³/mol. The Hall–Kier alpha value is 0.0449. The zero-order chi connectivity index (χ0) is 20.2. The summed E-state index contributed by atoms with van der Waals surface area (Å²) >= 11 is 0. The molecule has 151 valence electrons. The molecular formula is C11H24BNO10P3. The summed E-state index contributed by atoms with van der Waals surface area (Å²) < 4.78 is 40.8. The van der Waals surface area contributed by atoms with Crippen LogP contribution in [0.15, 0.2) is 12.2 Å². The van der Waals surface area contributed by atoms with Crippen LogP contribution in [0.3, 0.4) is 0 Å². The van der Waals surface area contributed by atoms with Crippen molar-refractivity contribution in [1.29, 1.82) is 0 Å². The number of nitrogens with one attached hydrogen (secondary N) is 1. The van der Waals surface area contributed by atoms with Crippen molar-refractivity contribution in [2.75, 3.05) is 13.7 Å². The van der Waals surface area contributed by atoms with Gasteiger partial charge in [-0.05, 0) is 24.3 Å². The first-order valence-electron chi connectivity index (χ1n) is 7.51. The molecule has 0 aromatic rings. The summed E-state index contributed by atoms with van der Waals surface area (Å²) in [7, 11) is -11.1. The van der Waals surface area contributed by atoms with E-state index in [0.717, 1.165) is 0 Å². The van der Waals surface area contributed by atoms with Crippen molar-refractivity contribution < 1.29 is 46.6 Å². The van der Waals surface area contributed by atoms with Gasteiger partial charge in [-0.1, -0.05) is 13.8 Å². The first-order valence-corrected chi connectivity index (χ1v) is 12.3. The van der Waals surface area contributed by atoms with Crippen LogP contribution in [0.25, 0.3) is 0 Å². The van der Waals surface area contributed by atoms with Crippen LogP contribution in [0.2, 0.25) is 0 Å². The van der Waals surface area contributed by atoms with E-state index in [2.05, 4.69) is 20.2 Å². The van der Waals surface area contributed by atoms with Crippen LogP contribution < -0.4 is 5.32 Å². The molecule has 1 saturated heterocycles. The summed E-state index contributed by atoms with van der Waals surface area (Å²) in [6, 6.07) is -0.192. The third-order valence-corrected chi connectivity index (χ3v) is 7.79. The Labute approximate surface area is 153 Å². The van der Waals surface area contributed by atoms with E-state index in [0.29, 0.717) is 0 Å². The molecule has 1 rings (SSSR count). The molecule has 1 aliphatic rings. The number of hydrogen-bond acceptors (Lipinski definition) is 8. The van der Waals surface area contributed by atoms with E-state index in [1.54, 1.807) is 19.2 Å². The Morgan fingerprint density at radius 3 is 2.35 bits per heavy atom. The van der Waals surface area contributed by atoms with Gasteiger partial charge >= 0.3 is 15.6 Å². The first-order chi connectivity index (χ1) is 11.8. The predicted octanol–water partition coefficient (Wildman–Crippen LogP) is 0.808. The Balaban J connectivity index is 2.61. The van der Waals surface area contributed by atoms with E-state index >= 15 is 0 Å². The summed E-state index contributed by atoms with van der Waals surface area (Å²) in [6.07, 6.45) is 4.43. The van der Waals surface area contributed by atoms with Crippen molar-refractivity contribution >= 4 is 36.8 Å². The minimum atomic E-state index is -5.31. The number of ether oxygens (including phenoxy) is 1. The Bertz CT molecular complexity index is 640. The minimum absolute atomic E-state index is 0.0338. The molecule has 0 aromatic carbocycles. The fourth-order valence-corrected chi connectivity index (χ4v) is 5.61. The SMILES string of the molecule is C=P(O)(OCC1OC([B]/C=C/NC)C(C)C1C)OP(=O)(O)OP(=O)(O)O. The molecule has 1 heterocycles. The first kappa shape index (κ1) is 24.1. The molecule has 15 heteroatoms. The number of rotatable bonds is 10. The van der Waals surface area contributed by atoms with E-state index < -0.39 is 29.3 Å². The molecule has 5 N–H and O–H groups in total. The van der Waals surface area contributed by atoms with Gasteiger partial charge < -0.3 is 34.2 Å². The average Bonchev–Trinajstić information content (AvgIpc) is 2.70. The monoisotopic (exact) mass is 434 g/mol. The quantitative estimate of drug-likeness (QED) is 0.244. The molecule has 0 bridgehead atoms. The summed E-state index contributed by atoms with van der Waals surface area (Å²) in [4.78, 5) is 36.3. The summed E-state index contributed by atoms with van der Waals surface area (Å²) in [6.45, 7) is 3.70. The second-order valence-corrected chi connectivity index (χ2v) is 10.5. The lowest BCUT2D eigenvalue weighted by atomic mass is 9.65. The molecule has 0 aromatic heterocycles. The Morgan fingerprint density at radius 1 is 1.19 bits per heavy atom. The summed E-state index contributed by atoms with van der Waals surface area (Å²) in [5, 5.41) is 2.85. The van der Waals surface area contributed by atoms with Gasteiger partial charge in [0.1, 0.15) is 0 Å². The van der Waals surface area contributed by atoms with E-state index in [1.165, 1.54) is 0 Å². The van der Waals surface area contributed by atoms with Crippen LogP contribution in [0, 0.1) is 11.8 Å². The molecule has 26 heavy (non-hydrogen) atoms. The highest BCUT2D eigenvalue weighted by Gasteiger charge is 2.41. The molecular weight excluding hydrogens is 410 g/mol. The van der Waals surface area contributed by atoms with Gasteiger partial charge in [-0.25, -0.2) is 13.4 Å². The molecule has 1 aliphatic heterocycles. The highest BCUT2D eigenvalue weighted by atomic mass is 31.3. The molecule has 1 radical (unpaired) electrons. The molecule has 6 unspecified atom stereocenters. The zero-order valence-electron chi connectivity index (χ0n) is 14.5. The summed E-state index contributed by atoms with van der Waals surface area (Å²) in [5.74, 6) is 1.97. The van der Waals surface area contributed by atoms with Gasteiger partial charge in [0.2, 0.25) is 0 Å². The maximum absolute atomic E-state index is 11.5. The van der Waals surface area contributed by atoms with Crippen LogP contribution in [0.4, 0.5) is 0 Å². The average molecular weight is 434 g/mol. The van der Waals surface area contributed by atoms with Crippen LogP contribution in [-0.4, -0.2) is 58.9 Å². The lowest BCUT2D eigenvalue weighted by Gasteiger charge is -2.23. The lowest BCUT2D eigenvalue weighted by Crippen LogP contribution is -2.22. The molecule has 0 amide bonds. The van der Waals surface area contributed by atoms with Gasteiger partial charge in [-0.3, -0.25) is 0 Å². The van der Waals surface area contributed by atoms with Gasteiger partial charge in [0.05, 0.1) is 12.7 Å². The molecule has 0 aliphatic carbocycles. The van der Waals surface area contributed by atoms with Gasteiger partial charge in [0.15, 0.2) is 7.28 Å². The maximum Gasteiger partial charge on any atom is 0.487 e. The third-order valence-electron chi connectivity index (χ3n) is 3.71. The minimum Gasteiger partial charge on any atom is -0.395 e. The maximum atomic E-state index is 11.5. The van der Waals surface area contributed by atoms with Gasteiger partial charge in [-0.15, -0.1) is 5.98 Å². The largest absolute Gasteiger partial charge is 0.487 e. The van der Waals surface area contributed by atoms with Gasteiger partial charge in [0.25, 0.3) is 7.57 Å². The Morgan fingerprint density at radius 2 is 1.81 bits per heavy atom. The number of phosphoric acid groups is 2. The zero-order valence-corrected chi connectivity index (χ0v) is 17.2. The van der Waals surface area contributed by atoms with Crippen molar-refractivity contribution in [3.05, 3.63) is 12.2 Å². The smallest absolute Gasteiger partial charge is 0.395 e. The fraction of sp³-hybridized carbons (Fsp3) is 0.727. The van der Waals surface area contributed by atoms with Crippen molar-refractivity contribution in [2.24, 2.45) is 11.8 Å². The molecule has 1 fully saturated rings. The van der Waals surface area contributed by atoms with Crippen molar-refractivity contribution in [1.82, 2.24) is 5.32 Å². The van der Waals surface area contributed by atoms with Crippen molar-refractivity contribution in [2.45, 2.75) is 26.0 Å². The standard InChI is InChI=1S/C11H24BNO10P3/c1-8-9(2)11(12-5-6-13-3)21-10(8)7-20-24(4,14)22-26(18,19)23-25(15,16)17/h5-6,8-11,13-14H,4,7H2,1-3H3,(H,18,19)(H2,15,16,17)/b6-5+. The highest BCUT2D eigenvalue weighted by molar-refractivity contribution is 7.70. The van der Waals surface area contributed by atoms with E-state index in [4.69, 9.17) is 19.0 Å². The van der Waals surface area contributed by atoms with Gasteiger partial charge in [-0.2, -0.15) is 4.31 Å². The van der Waals surface area contributed by atoms with Crippen LogP contribution in [0.5, 0.6) is 0 Å². The molecule has 0 saturated carbocycles. The summed E-state index contributed by atoms with van der Waals surface area (Å²) in [5.41, 5.74) is 0. The Kier molecular flexibility index (Phi) is 8.80. The topological polar surface area (TPSA) is 164 Å². The lowest BCUT2D eigenvalue weighted by molar-refractivity contribution is 0.0311. The molecule has 0 spiro atoms.